The van der Waals surface area contributed by atoms with Gasteiger partial charge in [0.1, 0.15) is 11.6 Å². The Hall–Kier alpha value is -4.27. The van der Waals surface area contributed by atoms with Crippen molar-refractivity contribution in [3.05, 3.63) is 83.2 Å². The van der Waals surface area contributed by atoms with E-state index in [-0.39, 0.29) is 17.3 Å². The molecule has 4 rings (SSSR count). The van der Waals surface area contributed by atoms with Crippen LogP contribution < -0.4 is 21.7 Å². The number of hydrogen-bond donors (Lipinski definition) is 3. The fraction of sp³-hybridized carbons (Fsp3) is 0.0500. The Bertz CT molecular complexity index is 1220. The predicted molar refractivity (Wildman–Crippen MR) is 110 cm³/mol. The number of fused-ring (bicyclic) bond motifs is 1. The highest BCUT2D eigenvalue weighted by molar-refractivity contribution is 5.97. The molecule has 1 amide bonds. The Morgan fingerprint density at radius 1 is 1.07 bits per heavy atom. The van der Waals surface area contributed by atoms with Crippen LogP contribution >= 0.6 is 0 Å². The van der Waals surface area contributed by atoms with Crippen LogP contribution in [0.2, 0.25) is 0 Å². The third-order valence-corrected chi connectivity index (χ3v) is 4.21. The van der Waals surface area contributed by atoms with Crippen molar-refractivity contribution in [2.75, 3.05) is 10.7 Å². The Kier molecular flexibility index (Phi) is 4.85. The van der Waals surface area contributed by atoms with Crippen LogP contribution in [0.5, 0.6) is 0 Å². The van der Waals surface area contributed by atoms with Crippen molar-refractivity contribution in [1.82, 2.24) is 24.9 Å². The van der Waals surface area contributed by atoms with Gasteiger partial charge < -0.3 is 9.88 Å². The highest BCUT2D eigenvalue weighted by atomic mass is 16.2. The van der Waals surface area contributed by atoms with Crippen molar-refractivity contribution >= 4 is 34.1 Å². The molecule has 29 heavy (non-hydrogen) atoms. The van der Waals surface area contributed by atoms with Crippen LogP contribution in [-0.4, -0.2) is 25.4 Å². The van der Waals surface area contributed by atoms with Gasteiger partial charge >= 0.3 is 0 Å². The van der Waals surface area contributed by atoms with E-state index < -0.39 is 0 Å². The molecule has 0 saturated carbocycles. The number of hydrazine groups is 1. The number of amides is 1. The lowest BCUT2D eigenvalue weighted by Crippen LogP contribution is -2.31. The van der Waals surface area contributed by atoms with E-state index in [1.54, 1.807) is 68.2 Å². The molecule has 3 aromatic heterocycles. The highest BCUT2D eigenvalue weighted by Crippen LogP contribution is 2.23. The summed E-state index contributed by atoms with van der Waals surface area (Å²) in [6.07, 6.45) is 6.34. The minimum atomic E-state index is -0.347. The topological polar surface area (TPSA) is 114 Å². The van der Waals surface area contributed by atoms with E-state index in [4.69, 9.17) is 0 Å². The van der Waals surface area contributed by atoms with Crippen molar-refractivity contribution in [3.63, 3.8) is 0 Å². The summed E-state index contributed by atoms with van der Waals surface area (Å²) >= 11 is 0. The van der Waals surface area contributed by atoms with Crippen LogP contribution in [0, 0.1) is 0 Å². The minimum absolute atomic E-state index is 0.222. The molecule has 0 unspecified atom stereocenters. The molecule has 1 aromatic carbocycles. The Morgan fingerprint density at radius 2 is 1.90 bits per heavy atom. The van der Waals surface area contributed by atoms with E-state index in [1.807, 2.05) is 6.07 Å². The first-order chi connectivity index (χ1) is 14.1. The molecular weight excluding hydrogens is 370 g/mol. The van der Waals surface area contributed by atoms with E-state index in [9.17, 15) is 9.59 Å². The maximum atomic E-state index is 12.7. The minimum Gasteiger partial charge on any atom is -0.324 e. The molecule has 0 aliphatic carbocycles. The van der Waals surface area contributed by atoms with Gasteiger partial charge in [0, 0.05) is 31.2 Å². The first-order valence-electron chi connectivity index (χ1n) is 8.76. The zero-order valence-corrected chi connectivity index (χ0v) is 15.5. The summed E-state index contributed by atoms with van der Waals surface area (Å²) in [6, 6.07) is 12.3. The monoisotopic (exact) mass is 387 g/mol. The first-order valence-corrected chi connectivity index (χ1v) is 8.76. The van der Waals surface area contributed by atoms with Crippen LogP contribution in [0.1, 0.15) is 10.4 Å². The molecule has 0 bridgehead atoms. The molecule has 0 aliphatic heterocycles. The maximum Gasteiger partial charge on any atom is 0.269 e. The van der Waals surface area contributed by atoms with E-state index >= 15 is 0 Å². The van der Waals surface area contributed by atoms with Gasteiger partial charge in [0.2, 0.25) is 0 Å². The molecule has 0 radical (unpaired) electrons. The summed E-state index contributed by atoms with van der Waals surface area (Å²) in [5.74, 6) is 0.824. The average molecular weight is 387 g/mol. The van der Waals surface area contributed by atoms with Gasteiger partial charge in [-0.15, -0.1) is 0 Å². The van der Waals surface area contributed by atoms with Gasteiger partial charge in [-0.25, -0.2) is 9.97 Å². The summed E-state index contributed by atoms with van der Waals surface area (Å²) in [5, 5.41) is 4.06. The molecule has 0 saturated heterocycles. The van der Waals surface area contributed by atoms with Crippen LogP contribution in [0.15, 0.2) is 72.0 Å². The summed E-state index contributed by atoms with van der Waals surface area (Å²) in [6.45, 7) is 0. The van der Waals surface area contributed by atoms with Gasteiger partial charge in [-0.1, -0.05) is 18.2 Å². The number of hydrogen-bond acceptors (Lipinski definition) is 7. The normalized spacial score (nSPS) is 10.5. The van der Waals surface area contributed by atoms with Gasteiger partial charge in [0.25, 0.3) is 11.5 Å². The Balaban J connectivity index is 1.70. The molecule has 9 heteroatoms. The standard InChI is InChI=1S/C20H17N7O2/c1-27-10-7-14-11-15(23-16-12-21-8-9-22-16)24-18(17(14)20(27)29)25-26-19(28)13-5-3-2-4-6-13/h2-12H,1H3,(H,26,28)(H2,22,23,24,25). The number of rotatable bonds is 5. The van der Waals surface area contributed by atoms with Crippen LogP contribution in [-0.2, 0) is 7.05 Å². The lowest BCUT2D eigenvalue weighted by molar-refractivity contribution is 0.0962. The van der Waals surface area contributed by atoms with E-state index in [1.165, 1.54) is 4.57 Å². The van der Waals surface area contributed by atoms with Crippen molar-refractivity contribution in [1.29, 1.82) is 0 Å². The largest absolute Gasteiger partial charge is 0.324 e. The summed E-state index contributed by atoms with van der Waals surface area (Å²) in [7, 11) is 1.65. The molecule has 0 aliphatic rings. The smallest absolute Gasteiger partial charge is 0.269 e. The molecule has 3 heterocycles. The number of nitrogens with one attached hydrogen (secondary N) is 3. The van der Waals surface area contributed by atoms with E-state index in [0.29, 0.717) is 28.0 Å². The summed E-state index contributed by atoms with van der Waals surface area (Å²) in [4.78, 5) is 37.6. The highest BCUT2D eigenvalue weighted by Gasteiger charge is 2.13. The lowest BCUT2D eigenvalue weighted by Gasteiger charge is -2.13. The molecule has 0 spiro atoms. The zero-order chi connectivity index (χ0) is 20.2. The fourth-order valence-electron chi connectivity index (χ4n) is 2.78. The van der Waals surface area contributed by atoms with Gasteiger partial charge in [-0.2, -0.15) is 0 Å². The fourth-order valence-corrected chi connectivity index (χ4v) is 2.78. The number of carbonyl (C=O) groups excluding carboxylic acids is 1. The maximum absolute atomic E-state index is 12.7. The van der Waals surface area contributed by atoms with Gasteiger partial charge in [0.05, 0.1) is 11.6 Å². The predicted octanol–water partition coefficient (Wildman–Crippen LogP) is 2.22. The number of benzene rings is 1. The zero-order valence-electron chi connectivity index (χ0n) is 15.5. The van der Waals surface area contributed by atoms with Crippen molar-refractivity contribution in [2.24, 2.45) is 7.05 Å². The van der Waals surface area contributed by atoms with Crippen LogP contribution in [0.4, 0.5) is 17.5 Å². The third-order valence-electron chi connectivity index (χ3n) is 4.21. The second-order valence-corrected chi connectivity index (χ2v) is 6.21. The lowest BCUT2D eigenvalue weighted by atomic mass is 10.2. The van der Waals surface area contributed by atoms with Crippen LogP contribution in [0.25, 0.3) is 10.8 Å². The summed E-state index contributed by atoms with van der Waals surface area (Å²) in [5.41, 5.74) is 5.61. The number of nitrogens with zero attached hydrogens (tertiary/aromatic N) is 4. The average Bonchev–Trinajstić information content (AvgIpc) is 2.75. The number of aromatic nitrogens is 4. The van der Waals surface area contributed by atoms with Gasteiger partial charge in [-0.3, -0.25) is 25.4 Å². The third kappa shape index (κ3) is 3.88. The van der Waals surface area contributed by atoms with Crippen molar-refractivity contribution < 1.29 is 4.79 Å². The molecule has 3 N–H and O–H groups in total. The quantitative estimate of drug-likeness (QED) is 0.450. The molecule has 4 aromatic rings. The Labute approximate surface area is 165 Å². The molecule has 0 atom stereocenters. The first kappa shape index (κ1) is 18.1. The number of aryl methyl sites for hydroxylation is 1. The van der Waals surface area contributed by atoms with E-state index in [2.05, 4.69) is 31.1 Å². The van der Waals surface area contributed by atoms with Crippen molar-refractivity contribution in [3.8, 4) is 0 Å². The second-order valence-electron chi connectivity index (χ2n) is 6.21. The van der Waals surface area contributed by atoms with Crippen LogP contribution in [0.3, 0.4) is 0 Å². The summed E-state index contributed by atoms with van der Waals surface area (Å²) < 4.78 is 1.45. The molecule has 0 fully saturated rings. The van der Waals surface area contributed by atoms with Crippen molar-refractivity contribution in [2.45, 2.75) is 0 Å². The van der Waals surface area contributed by atoms with E-state index in [0.717, 1.165) is 0 Å². The van der Waals surface area contributed by atoms with Gasteiger partial charge in [0.15, 0.2) is 5.82 Å². The number of carbonyl (C=O) groups is 1. The van der Waals surface area contributed by atoms with Gasteiger partial charge in [-0.05, 0) is 29.7 Å². The molecular formula is C20H17N7O2. The SMILES string of the molecule is Cn1ccc2cc(Nc3cnccn3)nc(NNC(=O)c3ccccc3)c2c1=O. The number of pyridine rings is 2. The molecule has 9 nitrogen and oxygen atoms in total. The molecule has 144 valence electrons. The number of anilines is 3. The Morgan fingerprint density at radius 3 is 2.66 bits per heavy atom. The second kappa shape index (κ2) is 7.77.